The average molecular weight is 257 g/mol. The Morgan fingerprint density at radius 1 is 1.43 bits per heavy atom. The van der Waals surface area contributed by atoms with Crippen molar-refractivity contribution in [3.63, 3.8) is 0 Å². The Labute approximate surface area is 94.3 Å². The van der Waals surface area contributed by atoms with E-state index in [2.05, 4.69) is 40.1 Å². The van der Waals surface area contributed by atoms with Crippen molar-refractivity contribution < 1.29 is 0 Å². The number of aryl methyl sites for hydroxylation is 1. The molecule has 78 valence electrons. The molecule has 0 fully saturated rings. The normalized spacial score (nSPS) is 14.9. The van der Waals surface area contributed by atoms with Gasteiger partial charge >= 0.3 is 0 Å². The van der Waals surface area contributed by atoms with Gasteiger partial charge in [0.2, 0.25) is 0 Å². The van der Waals surface area contributed by atoms with Crippen LogP contribution in [0.5, 0.6) is 0 Å². The summed E-state index contributed by atoms with van der Waals surface area (Å²) in [6.07, 6.45) is 1.09. The molecule has 0 amide bonds. The molecule has 1 aromatic heterocycles. The number of hydrogen-bond donors (Lipinski definition) is 1. The molecule has 0 aliphatic carbocycles. The second-order valence-corrected chi connectivity index (χ2v) is 5.29. The molecule has 1 heterocycles. The number of aromatic nitrogens is 1. The summed E-state index contributed by atoms with van der Waals surface area (Å²) in [6.45, 7) is 6.33. The van der Waals surface area contributed by atoms with Gasteiger partial charge in [-0.2, -0.15) is 0 Å². The van der Waals surface area contributed by atoms with E-state index in [0.29, 0.717) is 10.9 Å². The number of pyridine rings is 1. The van der Waals surface area contributed by atoms with Crippen molar-refractivity contribution >= 4 is 21.7 Å². The van der Waals surface area contributed by atoms with Crippen LogP contribution < -0.4 is 5.32 Å². The zero-order chi connectivity index (χ0) is 10.6. The lowest BCUT2D eigenvalue weighted by atomic mass is 10.2. The van der Waals surface area contributed by atoms with Crippen LogP contribution >= 0.6 is 15.9 Å². The molecule has 0 saturated heterocycles. The summed E-state index contributed by atoms with van der Waals surface area (Å²) in [4.78, 5) is 4.93. The van der Waals surface area contributed by atoms with E-state index < -0.39 is 0 Å². The molecule has 1 rings (SSSR count). The van der Waals surface area contributed by atoms with Crippen molar-refractivity contribution in [1.29, 1.82) is 0 Å². The summed E-state index contributed by atoms with van der Waals surface area (Å²) >= 11 is 3.54. The van der Waals surface area contributed by atoms with E-state index in [9.17, 15) is 0 Å². The Bertz CT molecular complexity index is 286. The van der Waals surface area contributed by atoms with Gasteiger partial charge in [0.25, 0.3) is 0 Å². The van der Waals surface area contributed by atoms with Crippen molar-refractivity contribution in [3.8, 4) is 0 Å². The van der Waals surface area contributed by atoms with Crippen molar-refractivity contribution in [2.75, 3.05) is 5.32 Å². The first kappa shape index (κ1) is 11.5. The summed E-state index contributed by atoms with van der Waals surface area (Å²) in [7, 11) is 0. The van der Waals surface area contributed by atoms with Crippen LogP contribution in [0.15, 0.2) is 18.2 Å². The fourth-order valence-electron chi connectivity index (χ4n) is 1.42. The fraction of sp³-hybridized carbons (Fsp3) is 0.545. The maximum absolute atomic E-state index is 4.39. The third-order valence-electron chi connectivity index (χ3n) is 1.96. The van der Waals surface area contributed by atoms with Crippen LogP contribution in [0.2, 0.25) is 0 Å². The molecule has 0 saturated carbocycles. The van der Waals surface area contributed by atoms with Crippen LogP contribution in [-0.4, -0.2) is 15.9 Å². The third kappa shape index (κ3) is 4.09. The van der Waals surface area contributed by atoms with E-state index >= 15 is 0 Å². The van der Waals surface area contributed by atoms with Gasteiger partial charge in [0.1, 0.15) is 5.82 Å². The number of nitrogens with zero attached hydrogens (tertiary/aromatic N) is 1. The predicted octanol–water partition coefficient (Wildman–Crippen LogP) is 3.36. The van der Waals surface area contributed by atoms with E-state index in [-0.39, 0.29) is 0 Å². The smallest absolute Gasteiger partial charge is 0.126 e. The Morgan fingerprint density at radius 3 is 2.71 bits per heavy atom. The van der Waals surface area contributed by atoms with Gasteiger partial charge in [-0.15, -0.1) is 0 Å². The van der Waals surface area contributed by atoms with Gasteiger partial charge in [0, 0.05) is 16.6 Å². The summed E-state index contributed by atoms with van der Waals surface area (Å²) in [5.41, 5.74) is 1.05. The monoisotopic (exact) mass is 256 g/mol. The van der Waals surface area contributed by atoms with Gasteiger partial charge in [-0.05, 0) is 32.4 Å². The highest BCUT2D eigenvalue weighted by molar-refractivity contribution is 9.09. The van der Waals surface area contributed by atoms with Gasteiger partial charge in [-0.1, -0.05) is 28.9 Å². The maximum atomic E-state index is 4.39. The largest absolute Gasteiger partial charge is 0.368 e. The van der Waals surface area contributed by atoms with Crippen LogP contribution in [0.1, 0.15) is 26.0 Å². The molecule has 0 aliphatic heterocycles. The van der Waals surface area contributed by atoms with Gasteiger partial charge in [0.05, 0.1) is 0 Å². The van der Waals surface area contributed by atoms with Crippen LogP contribution in [0.25, 0.3) is 0 Å². The number of anilines is 1. The van der Waals surface area contributed by atoms with Gasteiger partial charge < -0.3 is 5.32 Å². The lowest BCUT2D eigenvalue weighted by molar-refractivity contribution is 0.705. The van der Waals surface area contributed by atoms with Crippen LogP contribution in [0.4, 0.5) is 5.82 Å². The molecule has 0 aliphatic rings. The number of rotatable bonds is 4. The minimum absolute atomic E-state index is 0.443. The Morgan fingerprint density at radius 2 is 2.14 bits per heavy atom. The average Bonchev–Trinajstić information content (AvgIpc) is 2.01. The first-order valence-electron chi connectivity index (χ1n) is 4.92. The lowest BCUT2D eigenvalue weighted by Gasteiger charge is -2.15. The van der Waals surface area contributed by atoms with Gasteiger partial charge in [0.15, 0.2) is 0 Å². The minimum Gasteiger partial charge on any atom is -0.368 e. The van der Waals surface area contributed by atoms with E-state index in [1.165, 1.54) is 0 Å². The number of alkyl halides is 1. The Balaban J connectivity index is 2.51. The second kappa shape index (κ2) is 5.35. The maximum Gasteiger partial charge on any atom is 0.126 e. The number of hydrogen-bond acceptors (Lipinski definition) is 2. The highest BCUT2D eigenvalue weighted by Crippen LogP contribution is 2.11. The van der Waals surface area contributed by atoms with Crippen LogP contribution in [0.3, 0.4) is 0 Å². The molecule has 0 radical (unpaired) electrons. The summed E-state index contributed by atoms with van der Waals surface area (Å²) in [5.74, 6) is 0.964. The van der Waals surface area contributed by atoms with E-state index in [1.54, 1.807) is 0 Å². The van der Waals surface area contributed by atoms with Crippen LogP contribution in [0, 0.1) is 6.92 Å². The van der Waals surface area contributed by atoms with Crippen molar-refractivity contribution in [2.24, 2.45) is 0 Å². The van der Waals surface area contributed by atoms with E-state index in [0.717, 1.165) is 17.9 Å². The predicted molar refractivity (Wildman–Crippen MR) is 65.1 cm³/mol. The molecule has 1 N–H and O–H groups in total. The quantitative estimate of drug-likeness (QED) is 0.836. The van der Waals surface area contributed by atoms with Gasteiger partial charge in [-0.25, -0.2) is 4.98 Å². The molecular weight excluding hydrogens is 240 g/mol. The second-order valence-electron chi connectivity index (χ2n) is 3.73. The summed E-state index contributed by atoms with van der Waals surface area (Å²) < 4.78 is 0. The zero-order valence-electron chi connectivity index (χ0n) is 8.92. The molecule has 2 nitrogen and oxygen atoms in total. The van der Waals surface area contributed by atoms with Crippen molar-refractivity contribution in [1.82, 2.24) is 4.98 Å². The molecular formula is C11H17BrN2. The number of halogens is 1. The minimum atomic E-state index is 0.443. The molecule has 14 heavy (non-hydrogen) atoms. The standard InChI is InChI=1S/C11H17BrN2/c1-8(12)7-10(3)14-11-6-4-5-9(2)13-11/h4-6,8,10H,7H2,1-3H3,(H,13,14). The first-order chi connectivity index (χ1) is 6.58. The van der Waals surface area contributed by atoms with E-state index in [4.69, 9.17) is 0 Å². The molecule has 1 aromatic rings. The van der Waals surface area contributed by atoms with Gasteiger partial charge in [-0.3, -0.25) is 0 Å². The van der Waals surface area contributed by atoms with Crippen molar-refractivity contribution in [3.05, 3.63) is 23.9 Å². The third-order valence-corrected chi connectivity index (χ3v) is 2.33. The fourth-order valence-corrected chi connectivity index (χ4v) is 1.98. The van der Waals surface area contributed by atoms with Crippen LogP contribution in [-0.2, 0) is 0 Å². The molecule has 2 unspecified atom stereocenters. The molecule has 0 spiro atoms. The zero-order valence-corrected chi connectivity index (χ0v) is 10.5. The van der Waals surface area contributed by atoms with Crippen molar-refractivity contribution in [2.45, 2.75) is 38.1 Å². The molecule has 2 atom stereocenters. The topological polar surface area (TPSA) is 24.9 Å². The number of nitrogens with one attached hydrogen (secondary N) is 1. The van der Waals surface area contributed by atoms with E-state index in [1.807, 2.05) is 25.1 Å². The summed E-state index contributed by atoms with van der Waals surface area (Å²) in [6, 6.07) is 6.47. The lowest BCUT2D eigenvalue weighted by Crippen LogP contribution is -2.19. The summed E-state index contributed by atoms with van der Waals surface area (Å²) in [5, 5.41) is 3.37. The SMILES string of the molecule is Cc1cccc(NC(C)CC(C)Br)n1. The molecule has 0 aromatic carbocycles. The molecule has 3 heteroatoms. The first-order valence-corrected chi connectivity index (χ1v) is 5.83. The highest BCUT2D eigenvalue weighted by Gasteiger charge is 2.05. The highest BCUT2D eigenvalue weighted by atomic mass is 79.9. The Kier molecular flexibility index (Phi) is 4.39. The Hall–Kier alpha value is -0.570. The molecule has 0 bridgehead atoms.